The molecule has 0 aliphatic rings. The van der Waals surface area contributed by atoms with Crippen molar-refractivity contribution in [2.45, 2.75) is 40.2 Å². The molecule has 0 spiro atoms. The Bertz CT molecular complexity index is 1210. The zero-order chi connectivity index (χ0) is 21.1. The molecule has 0 saturated heterocycles. The fraction of sp³-hybridized carbons (Fsp3) is 0.292. The van der Waals surface area contributed by atoms with Crippen molar-refractivity contribution in [2.24, 2.45) is 0 Å². The monoisotopic (exact) mass is 402 g/mol. The fourth-order valence-electron chi connectivity index (χ4n) is 3.60. The van der Waals surface area contributed by atoms with Crippen LogP contribution < -0.4 is 10.1 Å². The molecule has 2 aromatic heterocycles. The largest absolute Gasteiger partial charge is 0.493 e. The van der Waals surface area contributed by atoms with Crippen molar-refractivity contribution in [3.8, 4) is 5.75 Å². The van der Waals surface area contributed by atoms with Crippen LogP contribution in [0.3, 0.4) is 0 Å². The minimum atomic E-state index is -0.245. The zero-order valence-corrected chi connectivity index (χ0v) is 17.6. The molecule has 0 radical (unpaired) electrons. The Labute approximate surface area is 175 Å². The predicted molar refractivity (Wildman–Crippen MR) is 120 cm³/mol. The summed E-state index contributed by atoms with van der Waals surface area (Å²) in [4.78, 5) is 17.9. The lowest BCUT2D eigenvalue weighted by Crippen LogP contribution is -2.14. The lowest BCUT2D eigenvalue weighted by Gasteiger charge is -2.09. The van der Waals surface area contributed by atoms with E-state index < -0.39 is 0 Å². The molecular weight excluding hydrogens is 376 g/mol. The van der Waals surface area contributed by atoms with E-state index in [0.717, 1.165) is 46.9 Å². The zero-order valence-electron chi connectivity index (χ0n) is 17.6. The summed E-state index contributed by atoms with van der Waals surface area (Å²) in [5.74, 6) is 0.838. The fourth-order valence-corrected chi connectivity index (χ4v) is 3.60. The van der Waals surface area contributed by atoms with E-state index >= 15 is 0 Å². The lowest BCUT2D eigenvalue weighted by molar-refractivity contribution is 0.102. The number of aryl methyl sites for hydroxylation is 2. The van der Waals surface area contributed by atoms with Crippen molar-refractivity contribution in [3.63, 3.8) is 0 Å². The van der Waals surface area contributed by atoms with Gasteiger partial charge in [0, 0.05) is 11.9 Å². The van der Waals surface area contributed by atoms with Gasteiger partial charge in [-0.05, 0) is 44.0 Å². The summed E-state index contributed by atoms with van der Waals surface area (Å²) in [6.07, 6.45) is 2.04. The first-order valence-corrected chi connectivity index (χ1v) is 10.4. The molecule has 4 rings (SSSR count). The van der Waals surface area contributed by atoms with E-state index in [1.807, 2.05) is 35.9 Å². The number of pyridine rings is 1. The van der Waals surface area contributed by atoms with E-state index in [1.54, 1.807) is 12.1 Å². The number of para-hydroxylation sites is 2. The second kappa shape index (κ2) is 8.53. The number of hydrogen-bond acceptors (Lipinski definition) is 4. The number of carbonyl (C=O) groups is 1. The number of fused-ring (bicyclic) bond motifs is 2. The Morgan fingerprint density at radius 3 is 2.77 bits per heavy atom. The number of unbranched alkanes of at least 4 members (excludes halogenated alkanes) is 1. The van der Waals surface area contributed by atoms with Crippen LogP contribution in [0.1, 0.15) is 42.6 Å². The summed E-state index contributed by atoms with van der Waals surface area (Å²) in [6.45, 7) is 7.35. The first kappa shape index (κ1) is 19.9. The molecule has 0 aliphatic heterocycles. The summed E-state index contributed by atoms with van der Waals surface area (Å²) < 4.78 is 7.51. The van der Waals surface area contributed by atoms with Gasteiger partial charge < -0.3 is 10.1 Å². The molecule has 0 saturated carbocycles. The topological polar surface area (TPSA) is 69.0 Å². The van der Waals surface area contributed by atoms with Crippen molar-refractivity contribution in [3.05, 3.63) is 59.7 Å². The van der Waals surface area contributed by atoms with Crippen LogP contribution in [0.25, 0.3) is 21.9 Å². The highest BCUT2D eigenvalue weighted by molar-refractivity contribution is 6.10. The third-order valence-electron chi connectivity index (χ3n) is 5.13. The number of carbonyl (C=O) groups excluding carboxylic acids is 1. The molecule has 2 heterocycles. The van der Waals surface area contributed by atoms with Gasteiger partial charge >= 0.3 is 0 Å². The molecule has 0 aliphatic carbocycles. The number of ether oxygens (including phenoxy) is 1. The molecular formula is C24H26N4O2. The average Bonchev–Trinajstić information content (AvgIpc) is 3.08. The summed E-state index contributed by atoms with van der Waals surface area (Å²) in [7, 11) is 0. The van der Waals surface area contributed by atoms with E-state index in [-0.39, 0.29) is 5.91 Å². The number of benzene rings is 2. The molecule has 0 unspecified atom stereocenters. The summed E-state index contributed by atoms with van der Waals surface area (Å²) >= 11 is 0. The number of amides is 1. The Hall–Kier alpha value is -3.41. The Morgan fingerprint density at radius 2 is 1.97 bits per heavy atom. The van der Waals surface area contributed by atoms with Crippen molar-refractivity contribution in [2.75, 3.05) is 11.9 Å². The van der Waals surface area contributed by atoms with Gasteiger partial charge in [0.1, 0.15) is 5.75 Å². The van der Waals surface area contributed by atoms with Crippen molar-refractivity contribution in [1.29, 1.82) is 0 Å². The van der Waals surface area contributed by atoms with Gasteiger partial charge in [0.15, 0.2) is 11.5 Å². The molecule has 1 amide bonds. The molecule has 6 nitrogen and oxygen atoms in total. The third-order valence-corrected chi connectivity index (χ3v) is 5.13. The van der Waals surface area contributed by atoms with Crippen LogP contribution in [0.5, 0.6) is 5.75 Å². The van der Waals surface area contributed by atoms with Gasteiger partial charge in [0.25, 0.3) is 5.91 Å². The second-order valence-corrected chi connectivity index (χ2v) is 7.31. The van der Waals surface area contributed by atoms with Gasteiger partial charge in [-0.3, -0.25) is 4.79 Å². The van der Waals surface area contributed by atoms with E-state index in [1.165, 1.54) is 0 Å². The average molecular weight is 402 g/mol. The van der Waals surface area contributed by atoms with E-state index in [4.69, 9.17) is 14.8 Å². The van der Waals surface area contributed by atoms with Crippen LogP contribution in [-0.2, 0) is 6.54 Å². The maximum absolute atomic E-state index is 13.0. The molecule has 0 fully saturated rings. The number of anilines is 1. The number of aromatic nitrogens is 3. The molecule has 4 aromatic rings. The van der Waals surface area contributed by atoms with Gasteiger partial charge in [-0.25, -0.2) is 9.67 Å². The third kappa shape index (κ3) is 3.73. The van der Waals surface area contributed by atoms with Crippen LogP contribution in [0.2, 0.25) is 0 Å². The molecule has 6 heteroatoms. The summed E-state index contributed by atoms with van der Waals surface area (Å²) in [6, 6.07) is 15.4. The maximum atomic E-state index is 13.0. The van der Waals surface area contributed by atoms with Gasteiger partial charge in [-0.15, -0.1) is 0 Å². The first-order valence-electron chi connectivity index (χ1n) is 10.4. The van der Waals surface area contributed by atoms with Gasteiger partial charge in [0.05, 0.1) is 23.1 Å². The van der Waals surface area contributed by atoms with Crippen LogP contribution in [-0.4, -0.2) is 27.3 Å². The molecule has 154 valence electrons. The molecule has 30 heavy (non-hydrogen) atoms. The first-order chi connectivity index (χ1) is 14.6. The molecule has 2 aromatic carbocycles. The highest BCUT2D eigenvalue weighted by atomic mass is 16.5. The minimum absolute atomic E-state index is 0.245. The van der Waals surface area contributed by atoms with E-state index in [9.17, 15) is 4.79 Å². The van der Waals surface area contributed by atoms with Gasteiger partial charge in [-0.1, -0.05) is 43.7 Å². The van der Waals surface area contributed by atoms with Crippen LogP contribution in [0.4, 0.5) is 5.82 Å². The molecule has 1 N–H and O–H groups in total. The molecule has 0 atom stereocenters. The van der Waals surface area contributed by atoms with Crippen molar-refractivity contribution in [1.82, 2.24) is 14.8 Å². The maximum Gasteiger partial charge on any atom is 0.260 e. The second-order valence-electron chi connectivity index (χ2n) is 7.31. The van der Waals surface area contributed by atoms with E-state index in [0.29, 0.717) is 23.7 Å². The normalized spacial score (nSPS) is 11.2. The summed E-state index contributed by atoms with van der Waals surface area (Å²) in [5.41, 5.74) is 3.36. The Kier molecular flexibility index (Phi) is 5.65. The number of nitrogens with zero attached hydrogens (tertiary/aromatic N) is 3. The standard InChI is InChI=1S/C24H26N4O2/c1-4-6-14-28-23-19(15-17-11-9-10-16(3)21(17)25-23)22(27-28)26-24(29)18-12-7-8-13-20(18)30-5-2/h7-13,15H,4-6,14H2,1-3H3,(H,26,27,29). The predicted octanol–water partition coefficient (Wildman–Crippen LogP) is 5.34. The van der Waals surface area contributed by atoms with Crippen LogP contribution in [0, 0.1) is 6.92 Å². The number of hydrogen-bond donors (Lipinski definition) is 1. The minimum Gasteiger partial charge on any atom is -0.493 e. The highest BCUT2D eigenvalue weighted by Crippen LogP contribution is 2.28. The van der Waals surface area contributed by atoms with Crippen LogP contribution >= 0.6 is 0 Å². The van der Waals surface area contributed by atoms with Gasteiger partial charge in [-0.2, -0.15) is 5.10 Å². The smallest absolute Gasteiger partial charge is 0.260 e. The lowest BCUT2D eigenvalue weighted by atomic mass is 10.1. The highest BCUT2D eigenvalue weighted by Gasteiger charge is 2.18. The quantitative estimate of drug-likeness (QED) is 0.453. The number of nitrogens with one attached hydrogen (secondary N) is 1. The SMILES string of the molecule is CCCCn1nc(NC(=O)c2ccccc2OCC)c2cc3cccc(C)c3nc21. The van der Waals surface area contributed by atoms with Crippen molar-refractivity contribution < 1.29 is 9.53 Å². The molecule has 0 bridgehead atoms. The van der Waals surface area contributed by atoms with Crippen molar-refractivity contribution >= 4 is 33.7 Å². The Balaban J connectivity index is 1.79. The van der Waals surface area contributed by atoms with Crippen LogP contribution in [0.15, 0.2) is 48.5 Å². The Morgan fingerprint density at radius 1 is 1.13 bits per heavy atom. The number of rotatable bonds is 7. The van der Waals surface area contributed by atoms with E-state index in [2.05, 4.69) is 31.3 Å². The summed E-state index contributed by atoms with van der Waals surface area (Å²) in [5, 5.41) is 9.56. The van der Waals surface area contributed by atoms with Gasteiger partial charge in [0.2, 0.25) is 0 Å².